The Kier molecular flexibility index (Phi) is 4.33. The number of nitrogens with one attached hydrogen (secondary N) is 3. The molecule has 2 aromatic heterocycles. The maximum absolute atomic E-state index is 12.1. The van der Waals surface area contributed by atoms with Gasteiger partial charge < -0.3 is 15.2 Å². The van der Waals surface area contributed by atoms with E-state index in [1.54, 1.807) is 0 Å². The number of rotatable bonds is 4. The molecule has 23 heavy (non-hydrogen) atoms. The summed E-state index contributed by atoms with van der Waals surface area (Å²) in [5.41, 5.74) is 0. The van der Waals surface area contributed by atoms with Crippen LogP contribution < -0.4 is 16.0 Å². The maximum Gasteiger partial charge on any atom is 0.322 e. The first kappa shape index (κ1) is 15.2. The predicted octanol–water partition coefficient (Wildman–Crippen LogP) is 0.402. The average molecular weight is 335 g/mol. The molecule has 10 heteroatoms. The van der Waals surface area contributed by atoms with Gasteiger partial charge in [-0.2, -0.15) is 4.98 Å². The zero-order valence-electron chi connectivity index (χ0n) is 11.9. The molecule has 0 radical (unpaired) electrons. The topological polar surface area (TPSA) is 126 Å². The van der Waals surface area contributed by atoms with Crippen molar-refractivity contribution in [3.8, 4) is 10.8 Å². The highest BCUT2D eigenvalue weighted by Gasteiger charge is 2.26. The summed E-state index contributed by atoms with van der Waals surface area (Å²) in [6.45, 7) is 0.0709. The normalized spacial score (nSPS) is 18.0. The van der Waals surface area contributed by atoms with E-state index in [2.05, 4.69) is 26.1 Å². The second-order valence-electron chi connectivity index (χ2n) is 4.82. The van der Waals surface area contributed by atoms with Crippen LogP contribution >= 0.6 is 11.3 Å². The molecular weight excluding hydrogens is 322 g/mol. The maximum atomic E-state index is 12.1. The van der Waals surface area contributed by atoms with Crippen molar-refractivity contribution in [2.45, 2.75) is 25.4 Å². The molecule has 1 saturated heterocycles. The van der Waals surface area contributed by atoms with Gasteiger partial charge in [-0.15, -0.1) is 11.3 Å². The summed E-state index contributed by atoms with van der Waals surface area (Å²) in [4.78, 5) is 39.7. The van der Waals surface area contributed by atoms with Gasteiger partial charge in [-0.25, -0.2) is 4.79 Å². The molecule has 0 saturated carbocycles. The molecule has 2 aromatic rings. The third kappa shape index (κ3) is 3.72. The Bertz CT molecular complexity index is 727. The zero-order valence-corrected chi connectivity index (χ0v) is 12.7. The van der Waals surface area contributed by atoms with Crippen molar-refractivity contribution in [3.63, 3.8) is 0 Å². The lowest BCUT2D eigenvalue weighted by Crippen LogP contribution is -2.48. The van der Waals surface area contributed by atoms with Crippen LogP contribution in [0.15, 0.2) is 22.0 Å². The Labute approximate surface area is 134 Å². The fraction of sp³-hybridized carbons (Fsp3) is 0.308. The number of urea groups is 1. The fourth-order valence-electron chi connectivity index (χ4n) is 2.04. The van der Waals surface area contributed by atoms with E-state index in [0.717, 1.165) is 4.88 Å². The lowest BCUT2D eigenvalue weighted by atomic mass is 10.1. The van der Waals surface area contributed by atoms with Crippen molar-refractivity contribution in [2.24, 2.45) is 0 Å². The molecule has 4 amide bonds. The first-order valence-corrected chi connectivity index (χ1v) is 7.74. The standard InChI is InChI=1S/C13H13N5O4S/c19-10-4-3-7(15-13(21)17-10)11(20)14-6-9-16-12(22-18-9)8-2-1-5-23-8/h1-2,5,7H,3-4,6H2,(H,14,20)(H2,15,17,19,21). The first-order valence-electron chi connectivity index (χ1n) is 6.86. The van der Waals surface area contributed by atoms with E-state index in [9.17, 15) is 14.4 Å². The Morgan fingerprint density at radius 3 is 3.13 bits per heavy atom. The minimum Gasteiger partial charge on any atom is -0.347 e. The minimum atomic E-state index is -0.773. The van der Waals surface area contributed by atoms with E-state index in [0.29, 0.717) is 11.7 Å². The molecule has 120 valence electrons. The Balaban J connectivity index is 1.56. The van der Waals surface area contributed by atoms with Gasteiger partial charge in [0.25, 0.3) is 5.89 Å². The monoisotopic (exact) mass is 335 g/mol. The lowest BCUT2D eigenvalue weighted by molar-refractivity contribution is -0.123. The van der Waals surface area contributed by atoms with Gasteiger partial charge in [0.15, 0.2) is 5.82 Å². The van der Waals surface area contributed by atoms with Crippen LogP contribution in [0.25, 0.3) is 10.8 Å². The van der Waals surface area contributed by atoms with E-state index >= 15 is 0 Å². The average Bonchev–Trinajstić information content (AvgIpc) is 3.16. The number of hydrogen-bond acceptors (Lipinski definition) is 7. The fourth-order valence-corrected chi connectivity index (χ4v) is 2.69. The lowest BCUT2D eigenvalue weighted by Gasteiger charge is -2.13. The van der Waals surface area contributed by atoms with Gasteiger partial charge in [-0.05, 0) is 17.9 Å². The highest BCUT2D eigenvalue weighted by Crippen LogP contribution is 2.22. The molecule has 0 aliphatic carbocycles. The summed E-state index contributed by atoms with van der Waals surface area (Å²) in [5.74, 6) is -0.0911. The number of carbonyl (C=O) groups is 3. The molecule has 3 heterocycles. The van der Waals surface area contributed by atoms with Crippen LogP contribution in [0.1, 0.15) is 18.7 Å². The molecule has 3 rings (SSSR count). The van der Waals surface area contributed by atoms with Crippen molar-refractivity contribution in [3.05, 3.63) is 23.3 Å². The van der Waals surface area contributed by atoms with Crippen molar-refractivity contribution in [2.75, 3.05) is 0 Å². The molecule has 1 aliphatic rings. The van der Waals surface area contributed by atoms with Gasteiger partial charge in [0.2, 0.25) is 11.8 Å². The Morgan fingerprint density at radius 2 is 2.35 bits per heavy atom. The molecule has 0 aromatic carbocycles. The molecule has 1 fully saturated rings. The summed E-state index contributed by atoms with van der Waals surface area (Å²) in [5, 5.41) is 12.8. The van der Waals surface area contributed by atoms with Crippen LogP contribution in [0.5, 0.6) is 0 Å². The second kappa shape index (κ2) is 6.57. The molecule has 0 spiro atoms. The highest BCUT2D eigenvalue weighted by atomic mass is 32.1. The van der Waals surface area contributed by atoms with E-state index < -0.39 is 23.9 Å². The Hall–Kier alpha value is -2.75. The first-order chi connectivity index (χ1) is 11.1. The quantitative estimate of drug-likeness (QED) is 0.742. The molecule has 3 N–H and O–H groups in total. The number of nitrogens with zero attached hydrogens (tertiary/aromatic N) is 2. The van der Waals surface area contributed by atoms with E-state index in [1.807, 2.05) is 17.5 Å². The van der Waals surface area contributed by atoms with Crippen LogP contribution in [0, 0.1) is 0 Å². The number of aromatic nitrogens is 2. The van der Waals surface area contributed by atoms with Crippen molar-refractivity contribution >= 4 is 29.2 Å². The predicted molar refractivity (Wildman–Crippen MR) is 79.2 cm³/mol. The summed E-state index contributed by atoms with van der Waals surface area (Å²) >= 11 is 1.47. The summed E-state index contributed by atoms with van der Waals surface area (Å²) in [6, 6.07) is 2.28. The summed E-state index contributed by atoms with van der Waals surface area (Å²) in [6.07, 6.45) is 0.331. The number of amides is 4. The van der Waals surface area contributed by atoms with Crippen LogP contribution in [-0.2, 0) is 16.1 Å². The number of imide groups is 1. The van der Waals surface area contributed by atoms with Crippen LogP contribution in [0.2, 0.25) is 0 Å². The molecule has 1 aliphatic heterocycles. The third-order valence-corrected chi connectivity index (χ3v) is 4.01. The largest absolute Gasteiger partial charge is 0.347 e. The van der Waals surface area contributed by atoms with Crippen LogP contribution in [0.3, 0.4) is 0 Å². The highest BCUT2D eigenvalue weighted by molar-refractivity contribution is 7.13. The third-order valence-electron chi connectivity index (χ3n) is 3.16. The zero-order chi connectivity index (χ0) is 16.2. The van der Waals surface area contributed by atoms with Crippen molar-refractivity contribution in [1.29, 1.82) is 0 Å². The summed E-state index contributed by atoms with van der Waals surface area (Å²) < 4.78 is 5.11. The smallest absolute Gasteiger partial charge is 0.322 e. The van der Waals surface area contributed by atoms with Gasteiger partial charge >= 0.3 is 6.03 Å². The van der Waals surface area contributed by atoms with Gasteiger partial charge in [-0.1, -0.05) is 11.2 Å². The van der Waals surface area contributed by atoms with Gasteiger partial charge in [0.05, 0.1) is 11.4 Å². The molecule has 1 atom stereocenters. The molecule has 9 nitrogen and oxygen atoms in total. The van der Waals surface area contributed by atoms with Gasteiger partial charge in [0.1, 0.15) is 6.04 Å². The van der Waals surface area contributed by atoms with Crippen molar-refractivity contribution in [1.82, 2.24) is 26.1 Å². The molecular formula is C13H13N5O4S. The number of thiophene rings is 1. The van der Waals surface area contributed by atoms with Crippen LogP contribution in [0.4, 0.5) is 4.79 Å². The minimum absolute atomic E-state index is 0.0709. The number of hydrogen-bond donors (Lipinski definition) is 3. The van der Waals surface area contributed by atoms with Crippen molar-refractivity contribution < 1.29 is 18.9 Å². The number of carbonyl (C=O) groups excluding carboxylic acids is 3. The Morgan fingerprint density at radius 1 is 1.48 bits per heavy atom. The van der Waals surface area contributed by atoms with E-state index in [1.165, 1.54) is 11.3 Å². The van der Waals surface area contributed by atoms with E-state index in [4.69, 9.17) is 4.52 Å². The van der Waals surface area contributed by atoms with Crippen LogP contribution in [-0.4, -0.2) is 34.0 Å². The van der Waals surface area contributed by atoms with Gasteiger partial charge in [0, 0.05) is 6.42 Å². The summed E-state index contributed by atoms with van der Waals surface area (Å²) in [7, 11) is 0. The van der Waals surface area contributed by atoms with Gasteiger partial charge in [-0.3, -0.25) is 14.9 Å². The second-order valence-corrected chi connectivity index (χ2v) is 5.77. The SMILES string of the molecule is O=C1CCC(C(=O)NCc2noc(-c3cccs3)n2)NC(=O)N1. The molecule has 1 unspecified atom stereocenters. The molecule has 0 bridgehead atoms. The van der Waals surface area contributed by atoms with E-state index in [-0.39, 0.29) is 19.4 Å².